The van der Waals surface area contributed by atoms with Crippen LogP contribution in [0, 0.1) is 0 Å². The van der Waals surface area contributed by atoms with E-state index in [4.69, 9.17) is 4.74 Å². The number of nitrogens with one attached hydrogen (secondary N) is 2. The molecule has 0 atom stereocenters. The number of rotatable bonds is 4. The number of benzene rings is 1. The van der Waals surface area contributed by atoms with Crippen molar-refractivity contribution in [1.29, 1.82) is 0 Å². The molecular formula is C13H19BrN2O2. The number of anilines is 1. The molecule has 0 saturated heterocycles. The first-order valence-corrected chi connectivity index (χ1v) is 6.49. The molecule has 1 amide bonds. The van der Waals surface area contributed by atoms with E-state index in [1.807, 2.05) is 32.9 Å². The van der Waals surface area contributed by atoms with Gasteiger partial charge in [0.2, 0.25) is 5.91 Å². The Morgan fingerprint density at radius 2 is 2.06 bits per heavy atom. The lowest BCUT2D eigenvalue weighted by Crippen LogP contribution is -2.41. The number of methoxy groups -OCH3 is 1. The van der Waals surface area contributed by atoms with Crippen molar-refractivity contribution in [2.24, 2.45) is 0 Å². The zero-order valence-corrected chi connectivity index (χ0v) is 12.7. The molecule has 0 aromatic heterocycles. The van der Waals surface area contributed by atoms with Gasteiger partial charge in [-0.05, 0) is 48.8 Å². The fraction of sp³-hybridized carbons (Fsp3) is 0.462. The average Bonchev–Trinajstić information content (AvgIpc) is 2.28. The first-order chi connectivity index (χ1) is 8.31. The Morgan fingerprint density at radius 3 is 2.61 bits per heavy atom. The highest BCUT2D eigenvalue weighted by Gasteiger charge is 2.12. The first kappa shape index (κ1) is 15.0. The van der Waals surface area contributed by atoms with Crippen LogP contribution in [0.1, 0.15) is 20.8 Å². The van der Waals surface area contributed by atoms with Crippen molar-refractivity contribution in [2.75, 3.05) is 19.0 Å². The molecule has 0 aliphatic heterocycles. The second-order valence-electron chi connectivity index (χ2n) is 5.00. The fourth-order valence-electron chi connectivity index (χ4n) is 1.27. The molecule has 1 rings (SSSR count). The van der Waals surface area contributed by atoms with Crippen LogP contribution in [0.5, 0.6) is 5.75 Å². The van der Waals surface area contributed by atoms with E-state index in [0.717, 1.165) is 4.47 Å². The summed E-state index contributed by atoms with van der Waals surface area (Å²) in [4.78, 5) is 11.8. The molecule has 2 N–H and O–H groups in total. The molecule has 1 aromatic rings. The van der Waals surface area contributed by atoms with Gasteiger partial charge in [0.1, 0.15) is 5.75 Å². The van der Waals surface area contributed by atoms with Gasteiger partial charge in [-0.2, -0.15) is 0 Å². The Balaban J connectivity index is 2.64. The van der Waals surface area contributed by atoms with Crippen LogP contribution in [0.2, 0.25) is 0 Å². The number of halogens is 1. The van der Waals surface area contributed by atoms with E-state index >= 15 is 0 Å². The van der Waals surface area contributed by atoms with Crippen LogP contribution >= 0.6 is 15.9 Å². The average molecular weight is 315 g/mol. The minimum atomic E-state index is -0.0844. The third-order valence-electron chi connectivity index (χ3n) is 2.23. The van der Waals surface area contributed by atoms with E-state index in [0.29, 0.717) is 11.4 Å². The van der Waals surface area contributed by atoms with E-state index in [9.17, 15) is 4.79 Å². The minimum absolute atomic E-state index is 0.0804. The third-order valence-corrected chi connectivity index (χ3v) is 2.92. The van der Waals surface area contributed by atoms with Crippen LogP contribution in [0.25, 0.3) is 0 Å². The van der Waals surface area contributed by atoms with Crippen molar-refractivity contribution in [3.05, 3.63) is 22.7 Å². The van der Waals surface area contributed by atoms with Gasteiger partial charge in [0, 0.05) is 16.1 Å². The number of ether oxygens (including phenoxy) is 1. The maximum absolute atomic E-state index is 11.8. The summed E-state index contributed by atoms with van der Waals surface area (Å²) >= 11 is 3.39. The molecule has 0 heterocycles. The Hall–Kier alpha value is -1.07. The zero-order valence-electron chi connectivity index (χ0n) is 11.1. The van der Waals surface area contributed by atoms with Gasteiger partial charge in [0.05, 0.1) is 19.3 Å². The van der Waals surface area contributed by atoms with Crippen molar-refractivity contribution in [3.63, 3.8) is 0 Å². The summed E-state index contributed by atoms with van der Waals surface area (Å²) in [5.41, 5.74) is 0.623. The van der Waals surface area contributed by atoms with Crippen molar-refractivity contribution < 1.29 is 9.53 Å². The lowest BCUT2D eigenvalue weighted by molar-refractivity contribution is -0.115. The van der Waals surface area contributed by atoms with Gasteiger partial charge < -0.3 is 15.4 Å². The summed E-state index contributed by atoms with van der Waals surface area (Å²) in [7, 11) is 1.59. The molecule has 0 saturated carbocycles. The molecule has 4 nitrogen and oxygen atoms in total. The van der Waals surface area contributed by atoms with Gasteiger partial charge in [0.25, 0.3) is 0 Å². The molecule has 0 aliphatic rings. The van der Waals surface area contributed by atoms with Crippen molar-refractivity contribution in [3.8, 4) is 5.75 Å². The van der Waals surface area contributed by atoms with Crippen LogP contribution in [0.3, 0.4) is 0 Å². The lowest BCUT2D eigenvalue weighted by Gasteiger charge is -2.20. The molecule has 100 valence electrons. The topological polar surface area (TPSA) is 50.4 Å². The molecule has 0 unspecified atom stereocenters. The summed E-state index contributed by atoms with van der Waals surface area (Å²) in [6, 6.07) is 5.44. The Kier molecular flexibility index (Phi) is 5.16. The van der Waals surface area contributed by atoms with Gasteiger partial charge in [-0.1, -0.05) is 0 Å². The van der Waals surface area contributed by atoms with Crippen LogP contribution in [0.4, 0.5) is 5.69 Å². The summed E-state index contributed by atoms with van der Waals surface area (Å²) in [5, 5.41) is 5.96. The molecule has 0 radical (unpaired) electrons. The van der Waals surface area contributed by atoms with E-state index < -0.39 is 0 Å². The maximum Gasteiger partial charge on any atom is 0.238 e. The lowest BCUT2D eigenvalue weighted by atomic mass is 10.1. The summed E-state index contributed by atoms with van der Waals surface area (Å²) in [6.45, 7) is 6.32. The fourth-order valence-corrected chi connectivity index (χ4v) is 1.61. The second-order valence-corrected chi connectivity index (χ2v) is 5.85. The molecule has 0 spiro atoms. The Morgan fingerprint density at radius 1 is 1.39 bits per heavy atom. The summed E-state index contributed by atoms with van der Waals surface area (Å²) in [6.07, 6.45) is 0. The third kappa shape index (κ3) is 5.06. The summed E-state index contributed by atoms with van der Waals surface area (Å²) in [5.74, 6) is 0.621. The molecular weight excluding hydrogens is 296 g/mol. The molecule has 0 aliphatic carbocycles. The van der Waals surface area contributed by atoms with Crippen molar-refractivity contribution in [1.82, 2.24) is 5.32 Å². The van der Waals surface area contributed by atoms with Crippen LogP contribution in [-0.2, 0) is 4.79 Å². The minimum Gasteiger partial charge on any atom is -0.497 e. The standard InChI is InChI=1S/C13H19BrN2O2/c1-13(2,3)15-8-12(17)16-11-7-9(18-4)5-6-10(11)14/h5-7,15H,8H2,1-4H3,(H,16,17). The Bertz CT molecular complexity index is 427. The van der Waals surface area contributed by atoms with Gasteiger partial charge in [-0.25, -0.2) is 0 Å². The number of hydrogen-bond donors (Lipinski definition) is 2. The molecule has 1 aromatic carbocycles. The molecule has 5 heteroatoms. The maximum atomic E-state index is 11.8. The van der Waals surface area contributed by atoms with Gasteiger partial charge in [-0.3, -0.25) is 4.79 Å². The number of amides is 1. The monoisotopic (exact) mass is 314 g/mol. The SMILES string of the molecule is COc1ccc(Br)c(NC(=O)CNC(C)(C)C)c1. The quantitative estimate of drug-likeness (QED) is 0.898. The zero-order chi connectivity index (χ0) is 13.8. The van der Waals surface area contributed by atoms with Gasteiger partial charge in [0.15, 0.2) is 0 Å². The van der Waals surface area contributed by atoms with E-state index in [1.54, 1.807) is 13.2 Å². The van der Waals surface area contributed by atoms with E-state index in [1.165, 1.54) is 0 Å². The number of hydrogen-bond acceptors (Lipinski definition) is 3. The summed E-state index contributed by atoms with van der Waals surface area (Å²) < 4.78 is 5.94. The normalized spacial score (nSPS) is 11.2. The number of carbonyl (C=O) groups excluding carboxylic acids is 1. The molecule has 0 bridgehead atoms. The van der Waals surface area contributed by atoms with Crippen LogP contribution in [-0.4, -0.2) is 25.1 Å². The number of carbonyl (C=O) groups is 1. The second kappa shape index (κ2) is 6.20. The predicted octanol–water partition coefficient (Wildman–Crippen LogP) is 2.78. The molecule has 18 heavy (non-hydrogen) atoms. The predicted molar refractivity (Wildman–Crippen MR) is 77.1 cm³/mol. The smallest absolute Gasteiger partial charge is 0.238 e. The Labute approximate surface area is 116 Å². The van der Waals surface area contributed by atoms with Gasteiger partial charge >= 0.3 is 0 Å². The largest absolute Gasteiger partial charge is 0.497 e. The highest BCUT2D eigenvalue weighted by atomic mass is 79.9. The highest BCUT2D eigenvalue weighted by Crippen LogP contribution is 2.26. The van der Waals surface area contributed by atoms with Crippen molar-refractivity contribution >= 4 is 27.5 Å². The first-order valence-electron chi connectivity index (χ1n) is 5.70. The molecule has 0 fully saturated rings. The highest BCUT2D eigenvalue weighted by molar-refractivity contribution is 9.10. The van der Waals surface area contributed by atoms with Crippen molar-refractivity contribution in [2.45, 2.75) is 26.3 Å². The van der Waals surface area contributed by atoms with Crippen LogP contribution < -0.4 is 15.4 Å². The van der Waals surface area contributed by atoms with Crippen LogP contribution in [0.15, 0.2) is 22.7 Å². The van der Waals surface area contributed by atoms with E-state index in [2.05, 4.69) is 26.6 Å². The van der Waals surface area contributed by atoms with E-state index in [-0.39, 0.29) is 18.0 Å². The van der Waals surface area contributed by atoms with Gasteiger partial charge in [-0.15, -0.1) is 0 Å².